The average molecular weight is 234 g/mol. The van der Waals surface area contributed by atoms with Crippen LogP contribution in [0.15, 0.2) is 18.2 Å². The average Bonchev–Trinajstić information content (AvgIpc) is 2.29. The van der Waals surface area contributed by atoms with Crippen LogP contribution in [-0.2, 0) is 10.2 Å². The molecule has 0 bridgehead atoms. The molecule has 1 heterocycles. The molecule has 0 radical (unpaired) electrons. The Morgan fingerprint density at radius 2 is 1.82 bits per heavy atom. The molecule has 2 nitrogen and oxygen atoms in total. The second-order valence-electron chi connectivity index (χ2n) is 5.91. The zero-order valence-corrected chi connectivity index (χ0v) is 11.0. The summed E-state index contributed by atoms with van der Waals surface area (Å²) in [6.07, 6.45) is 2.03. The highest BCUT2D eigenvalue weighted by Crippen LogP contribution is 2.36. The smallest absolute Gasteiger partial charge is 0.119 e. The Hall–Kier alpha value is -1.02. The van der Waals surface area contributed by atoms with E-state index >= 15 is 0 Å². The molecule has 0 amide bonds. The minimum atomic E-state index is 0.133. The maximum Gasteiger partial charge on any atom is 0.119 e. The highest BCUT2D eigenvalue weighted by atomic mass is 16.5. The van der Waals surface area contributed by atoms with Gasteiger partial charge < -0.3 is 9.84 Å². The number of ether oxygens (including phenoxy) is 1. The van der Waals surface area contributed by atoms with E-state index in [-0.39, 0.29) is 5.41 Å². The van der Waals surface area contributed by atoms with E-state index in [2.05, 4.69) is 26.8 Å². The maximum absolute atomic E-state index is 10.0. The molecule has 1 fully saturated rings. The fourth-order valence-electron chi connectivity index (χ4n) is 2.36. The van der Waals surface area contributed by atoms with E-state index < -0.39 is 0 Å². The number of hydrogen-bond acceptors (Lipinski definition) is 2. The van der Waals surface area contributed by atoms with E-state index in [0.29, 0.717) is 11.7 Å². The zero-order chi connectivity index (χ0) is 12.5. The van der Waals surface area contributed by atoms with E-state index in [0.717, 1.165) is 31.6 Å². The van der Waals surface area contributed by atoms with Crippen LogP contribution in [0.4, 0.5) is 0 Å². The van der Waals surface area contributed by atoms with Crippen molar-refractivity contribution in [2.45, 2.75) is 44.9 Å². The predicted molar refractivity (Wildman–Crippen MR) is 69.6 cm³/mol. The molecule has 1 saturated heterocycles. The Bertz CT molecular complexity index is 384. The lowest BCUT2D eigenvalue weighted by atomic mass is 9.82. The summed E-state index contributed by atoms with van der Waals surface area (Å²) in [4.78, 5) is 0. The van der Waals surface area contributed by atoms with Gasteiger partial charge in [0.1, 0.15) is 5.75 Å². The minimum absolute atomic E-state index is 0.133. The van der Waals surface area contributed by atoms with E-state index in [9.17, 15) is 5.11 Å². The molecule has 1 aliphatic rings. The summed E-state index contributed by atoms with van der Waals surface area (Å²) in [5.74, 6) is 0.885. The Morgan fingerprint density at radius 1 is 1.18 bits per heavy atom. The Kier molecular flexibility index (Phi) is 3.43. The van der Waals surface area contributed by atoms with Crippen LogP contribution >= 0.6 is 0 Å². The second-order valence-corrected chi connectivity index (χ2v) is 5.91. The summed E-state index contributed by atoms with van der Waals surface area (Å²) in [5.41, 5.74) is 2.52. The van der Waals surface area contributed by atoms with Crippen LogP contribution in [0, 0.1) is 0 Å². The first-order chi connectivity index (χ1) is 7.98. The summed E-state index contributed by atoms with van der Waals surface area (Å²) in [5, 5.41) is 10.0. The van der Waals surface area contributed by atoms with Gasteiger partial charge in [0.25, 0.3) is 0 Å². The first kappa shape index (κ1) is 12.4. The van der Waals surface area contributed by atoms with E-state index in [1.807, 2.05) is 12.1 Å². The van der Waals surface area contributed by atoms with Crippen LogP contribution < -0.4 is 0 Å². The third-order valence-electron chi connectivity index (χ3n) is 3.55. The first-order valence-electron chi connectivity index (χ1n) is 6.39. The topological polar surface area (TPSA) is 29.5 Å². The number of aromatic hydroxyl groups is 1. The number of phenolic OH excluding ortho intramolecular Hbond substituents is 1. The van der Waals surface area contributed by atoms with Crippen molar-refractivity contribution in [2.24, 2.45) is 0 Å². The number of benzene rings is 1. The highest BCUT2D eigenvalue weighted by Gasteiger charge is 2.22. The first-order valence-corrected chi connectivity index (χ1v) is 6.39. The lowest BCUT2D eigenvalue weighted by molar-refractivity contribution is 0.0848. The molecule has 1 aliphatic heterocycles. The van der Waals surface area contributed by atoms with Crippen LogP contribution in [0.1, 0.15) is 50.7 Å². The summed E-state index contributed by atoms with van der Waals surface area (Å²) in [6.45, 7) is 8.22. The molecule has 1 aromatic rings. The molecule has 17 heavy (non-hydrogen) atoms. The fraction of sp³-hybridized carbons (Fsp3) is 0.600. The third-order valence-corrected chi connectivity index (χ3v) is 3.55. The summed E-state index contributed by atoms with van der Waals surface area (Å²) < 4.78 is 5.38. The molecular formula is C15H22O2. The van der Waals surface area contributed by atoms with Crippen LogP contribution in [-0.4, -0.2) is 18.3 Å². The fourth-order valence-corrected chi connectivity index (χ4v) is 2.36. The SMILES string of the molecule is CC(C)(C)c1ccc(O)c(C2CCOCC2)c1. The Balaban J connectivity index is 2.31. The summed E-state index contributed by atoms with van der Waals surface area (Å²) >= 11 is 0. The normalized spacial score (nSPS) is 18.3. The van der Waals surface area contributed by atoms with Crippen molar-refractivity contribution in [1.82, 2.24) is 0 Å². The zero-order valence-electron chi connectivity index (χ0n) is 11.0. The third kappa shape index (κ3) is 2.81. The lowest BCUT2D eigenvalue weighted by Crippen LogP contribution is -2.16. The second kappa shape index (κ2) is 4.69. The van der Waals surface area contributed by atoms with Gasteiger partial charge in [-0.1, -0.05) is 32.9 Å². The molecule has 1 aromatic carbocycles. The molecule has 0 unspecified atom stereocenters. The monoisotopic (exact) mass is 234 g/mol. The van der Waals surface area contributed by atoms with Crippen molar-refractivity contribution in [3.8, 4) is 5.75 Å². The predicted octanol–water partition coefficient (Wildman–Crippen LogP) is 3.58. The van der Waals surface area contributed by atoms with Crippen molar-refractivity contribution in [3.63, 3.8) is 0 Å². The van der Waals surface area contributed by atoms with Crippen molar-refractivity contribution < 1.29 is 9.84 Å². The summed E-state index contributed by atoms with van der Waals surface area (Å²) in [6, 6.07) is 6.04. The van der Waals surface area contributed by atoms with Gasteiger partial charge >= 0.3 is 0 Å². The molecular weight excluding hydrogens is 212 g/mol. The number of phenols is 1. The van der Waals surface area contributed by atoms with Gasteiger partial charge in [-0.2, -0.15) is 0 Å². The van der Waals surface area contributed by atoms with Gasteiger partial charge in [0, 0.05) is 13.2 Å². The minimum Gasteiger partial charge on any atom is -0.508 e. The van der Waals surface area contributed by atoms with Gasteiger partial charge in [-0.05, 0) is 41.4 Å². The molecule has 2 heteroatoms. The van der Waals surface area contributed by atoms with E-state index in [4.69, 9.17) is 4.74 Å². The molecule has 0 spiro atoms. The molecule has 1 N–H and O–H groups in total. The van der Waals surface area contributed by atoms with Crippen molar-refractivity contribution in [3.05, 3.63) is 29.3 Å². The van der Waals surface area contributed by atoms with Crippen LogP contribution in [0.5, 0.6) is 5.75 Å². The van der Waals surface area contributed by atoms with Crippen LogP contribution in [0.25, 0.3) is 0 Å². The van der Waals surface area contributed by atoms with Gasteiger partial charge in [-0.3, -0.25) is 0 Å². The van der Waals surface area contributed by atoms with Gasteiger partial charge in [0.05, 0.1) is 0 Å². The standard InChI is InChI=1S/C15H22O2/c1-15(2,3)12-4-5-14(16)13(10-12)11-6-8-17-9-7-11/h4-5,10-11,16H,6-9H2,1-3H3. The highest BCUT2D eigenvalue weighted by molar-refractivity contribution is 5.41. The van der Waals surface area contributed by atoms with Crippen molar-refractivity contribution in [2.75, 3.05) is 13.2 Å². The lowest BCUT2D eigenvalue weighted by Gasteiger charge is -2.26. The quantitative estimate of drug-likeness (QED) is 0.804. The Morgan fingerprint density at radius 3 is 2.41 bits per heavy atom. The molecule has 0 aromatic heterocycles. The van der Waals surface area contributed by atoms with Crippen LogP contribution in [0.2, 0.25) is 0 Å². The van der Waals surface area contributed by atoms with Gasteiger partial charge in [-0.15, -0.1) is 0 Å². The van der Waals surface area contributed by atoms with Gasteiger partial charge in [0.2, 0.25) is 0 Å². The van der Waals surface area contributed by atoms with Crippen molar-refractivity contribution in [1.29, 1.82) is 0 Å². The van der Waals surface area contributed by atoms with Gasteiger partial charge in [0.15, 0.2) is 0 Å². The molecule has 0 atom stereocenters. The molecule has 0 saturated carbocycles. The van der Waals surface area contributed by atoms with Crippen LogP contribution in [0.3, 0.4) is 0 Å². The summed E-state index contributed by atoms with van der Waals surface area (Å²) in [7, 11) is 0. The van der Waals surface area contributed by atoms with E-state index in [1.165, 1.54) is 5.56 Å². The number of rotatable bonds is 1. The molecule has 94 valence electrons. The van der Waals surface area contributed by atoms with Gasteiger partial charge in [-0.25, -0.2) is 0 Å². The largest absolute Gasteiger partial charge is 0.508 e. The number of hydrogen-bond donors (Lipinski definition) is 1. The van der Waals surface area contributed by atoms with E-state index in [1.54, 1.807) is 0 Å². The Labute approximate surface area is 104 Å². The maximum atomic E-state index is 10.0. The van der Waals surface area contributed by atoms with Crippen molar-refractivity contribution >= 4 is 0 Å². The molecule has 2 rings (SSSR count). The molecule has 0 aliphatic carbocycles.